The van der Waals surface area contributed by atoms with E-state index in [0.29, 0.717) is 0 Å². The van der Waals surface area contributed by atoms with Gasteiger partial charge in [-0.05, 0) is 47.2 Å². The van der Waals surface area contributed by atoms with E-state index in [1.165, 1.54) is 38.3 Å². The topological polar surface area (TPSA) is 4.93 Å². The summed E-state index contributed by atoms with van der Waals surface area (Å²) in [6, 6.07) is 30.1. The second-order valence-electron chi connectivity index (χ2n) is 6.02. The zero-order chi connectivity index (χ0) is 16.1. The van der Waals surface area contributed by atoms with E-state index in [2.05, 4.69) is 105 Å². The average Bonchev–Trinajstić information content (AvgIpc) is 2.95. The number of nitrogens with zero attached hydrogens (tertiary/aromatic N) is 1. The minimum absolute atomic E-state index is 1.13. The molecule has 0 bridgehead atoms. The van der Waals surface area contributed by atoms with Crippen molar-refractivity contribution in [1.29, 1.82) is 0 Å². The van der Waals surface area contributed by atoms with Gasteiger partial charge in [0.25, 0.3) is 0 Å². The SMILES string of the molecule is Brc1cccc2c1c1cc3ccccc3cc1n2-c1ccccc1. The van der Waals surface area contributed by atoms with Crippen LogP contribution in [0.15, 0.2) is 89.4 Å². The maximum atomic E-state index is 3.75. The Hall–Kier alpha value is -2.58. The van der Waals surface area contributed by atoms with Gasteiger partial charge in [-0.25, -0.2) is 0 Å². The number of fused-ring (bicyclic) bond motifs is 4. The van der Waals surface area contributed by atoms with Crippen LogP contribution in [-0.2, 0) is 0 Å². The molecule has 4 aromatic carbocycles. The number of benzene rings is 4. The molecule has 0 aliphatic carbocycles. The van der Waals surface area contributed by atoms with Gasteiger partial charge >= 0.3 is 0 Å². The third-order valence-electron chi connectivity index (χ3n) is 4.62. The average molecular weight is 372 g/mol. The lowest BCUT2D eigenvalue weighted by Gasteiger charge is -2.08. The largest absolute Gasteiger partial charge is 0.309 e. The van der Waals surface area contributed by atoms with Gasteiger partial charge in [-0.1, -0.05) is 64.5 Å². The Kier molecular flexibility index (Phi) is 3.00. The Labute approximate surface area is 148 Å². The van der Waals surface area contributed by atoms with Gasteiger partial charge in [-0.15, -0.1) is 0 Å². The first-order chi connectivity index (χ1) is 11.8. The highest BCUT2D eigenvalue weighted by molar-refractivity contribution is 9.10. The van der Waals surface area contributed by atoms with Crippen molar-refractivity contribution in [2.45, 2.75) is 0 Å². The van der Waals surface area contributed by atoms with Crippen molar-refractivity contribution in [3.05, 3.63) is 89.4 Å². The Morgan fingerprint density at radius 1 is 0.625 bits per heavy atom. The van der Waals surface area contributed by atoms with E-state index in [1.54, 1.807) is 0 Å². The first-order valence-electron chi connectivity index (χ1n) is 8.00. The fraction of sp³-hybridized carbons (Fsp3) is 0. The minimum Gasteiger partial charge on any atom is -0.309 e. The lowest BCUT2D eigenvalue weighted by molar-refractivity contribution is 1.18. The van der Waals surface area contributed by atoms with Crippen LogP contribution in [0.1, 0.15) is 0 Å². The maximum absolute atomic E-state index is 3.75. The van der Waals surface area contributed by atoms with Crippen LogP contribution in [0, 0.1) is 0 Å². The summed E-state index contributed by atoms with van der Waals surface area (Å²) in [7, 11) is 0. The predicted molar refractivity (Wildman–Crippen MR) is 106 cm³/mol. The third kappa shape index (κ3) is 1.93. The van der Waals surface area contributed by atoms with Crippen molar-refractivity contribution in [2.24, 2.45) is 0 Å². The van der Waals surface area contributed by atoms with Crippen LogP contribution in [0.3, 0.4) is 0 Å². The second kappa shape index (κ2) is 5.22. The number of aromatic nitrogens is 1. The van der Waals surface area contributed by atoms with E-state index < -0.39 is 0 Å². The molecule has 0 spiro atoms. The first-order valence-corrected chi connectivity index (χ1v) is 8.79. The Bertz CT molecular complexity index is 1200. The molecule has 2 heteroatoms. The highest BCUT2D eigenvalue weighted by Crippen LogP contribution is 2.38. The molecule has 1 heterocycles. The van der Waals surface area contributed by atoms with Gasteiger partial charge < -0.3 is 4.57 Å². The summed E-state index contributed by atoms with van der Waals surface area (Å²) < 4.78 is 3.48. The zero-order valence-electron chi connectivity index (χ0n) is 12.9. The minimum atomic E-state index is 1.13. The molecule has 0 saturated heterocycles. The van der Waals surface area contributed by atoms with Crippen LogP contribution in [-0.4, -0.2) is 4.57 Å². The molecule has 0 radical (unpaired) electrons. The van der Waals surface area contributed by atoms with Crippen LogP contribution in [0.5, 0.6) is 0 Å². The van der Waals surface area contributed by atoms with Crippen molar-refractivity contribution in [2.75, 3.05) is 0 Å². The maximum Gasteiger partial charge on any atom is 0.0552 e. The van der Waals surface area contributed by atoms with Crippen molar-refractivity contribution in [3.8, 4) is 5.69 Å². The molecule has 0 N–H and O–H groups in total. The fourth-order valence-electron chi connectivity index (χ4n) is 3.56. The van der Waals surface area contributed by atoms with E-state index in [4.69, 9.17) is 0 Å². The Balaban J connectivity index is 2.06. The number of rotatable bonds is 1. The molecule has 0 atom stereocenters. The molecule has 0 fully saturated rings. The van der Waals surface area contributed by atoms with Crippen LogP contribution >= 0.6 is 15.9 Å². The standard InChI is InChI=1S/C22H14BrN/c23-19-11-6-12-20-22(19)18-13-15-7-4-5-8-16(15)14-21(18)24(20)17-9-2-1-3-10-17/h1-14H. The molecule has 0 saturated carbocycles. The van der Waals surface area contributed by atoms with Crippen molar-refractivity contribution in [1.82, 2.24) is 4.57 Å². The molecule has 1 aromatic heterocycles. The van der Waals surface area contributed by atoms with Crippen LogP contribution < -0.4 is 0 Å². The number of hydrogen-bond donors (Lipinski definition) is 0. The second-order valence-corrected chi connectivity index (χ2v) is 6.88. The predicted octanol–water partition coefficient (Wildman–Crippen LogP) is 6.70. The normalized spacial score (nSPS) is 11.5. The summed E-state index contributed by atoms with van der Waals surface area (Å²) in [6.45, 7) is 0. The molecule has 114 valence electrons. The summed E-state index contributed by atoms with van der Waals surface area (Å²) in [5, 5.41) is 5.08. The van der Waals surface area contributed by atoms with Crippen molar-refractivity contribution in [3.63, 3.8) is 0 Å². The Morgan fingerprint density at radius 3 is 2.12 bits per heavy atom. The number of halogens is 1. The van der Waals surface area contributed by atoms with Gasteiger partial charge in [0.2, 0.25) is 0 Å². The van der Waals surface area contributed by atoms with Crippen LogP contribution in [0.4, 0.5) is 0 Å². The first kappa shape index (κ1) is 13.8. The quantitative estimate of drug-likeness (QED) is 0.309. The van der Waals surface area contributed by atoms with Crippen LogP contribution in [0.2, 0.25) is 0 Å². The highest BCUT2D eigenvalue weighted by Gasteiger charge is 2.14. The van der Waals surface area contributed by atoms with E-state index in [-0.39, 0.29) is 0 Å². The van der Waals surface area contributed by atoms with Gasteiger partial charge in [0.1, 0.15) is 0 Å². The van der Waals surface area contributed by atoms with Gasteiger partial charge in [0.05, 0.1) is 11.0 Å². The summed E-state index contributed by atoms with van der Waals surface area (Å²) in [4.78, 5) is 0. The summed E-state index contributed by atoms with van der Waals surface area (Å²) in [5.41, 5.74) is 3.65. The van der Waals surface area contributed by atoms with Crippen molar-refractivity contribution < 1.29 is 0 Å². The van der Waals surface area contributed by atoms with Gasteiger partial charge in [0, 0.05) is 20.9 Å². The fourth-order valence-corrected chi connectivity index (χ4v) is 4.13. The smallest absolute Gasteiger partial charge is 0.0552 e. The Morgan fingerprint density at radius 2 is 1.33 bits per heavy atom. The molecule has 0 aliphatic rings. The molecule has 0 unspecified atom stereocenters. The van der Waals surface area contributed by atoms with E-state index in [0.717, 1.165) is 4.47 Å². The molecule has 0 aliphatic heterocycles. The molecule has 24 heavy (non-hydrogen) atoms. The monoisotopic (exact) mass is 371 g/mol. The lowest BCUT2D eigenvalue weighted by Crippen LogP contribution is -1.92. The molecule has 5 rings (SSSR count). The molecule has 5 aromatic rings. The van der Waals surface area contributed by atoms with E-state index >= 15 is 0 Å². The summed E-state index contributed by atoms with van der Waals surface area (Å²) in [5.74, 6) is 0. The molecular weight excluding hydrogens is 358 g/mol. The van der Waals surface area contributed by atoms with Gasteiger partial charge in [-0.2, -0.15) is 0 Å². The van der Waals surface area contributed by atoms with Crippen molar-refractivity contribution >= 4 is 48.5 Å². The number of hydrogen-bond acceptors (Lipinski definition) is 0. The van der Waals surface area contributed by atoms with Gasteiger partial charge in [0.15, 0.2) is 0 Å². The number of para-hydroxylation sites is 1. The zero-order valence-corrected chi connectivity index (χ0v) is 14.5. The van der Waals surface area contributed by atoms with E-state index in [9.17, 15) is 0 Å². The summed E-state index contributed by atoms with van der Waals surface area (Å²) >= 11 is 3.75. The summed E-state index contributed by atoms with van der Waals surface area (Å²) in [6.07, 6.45) is 0. The molecule has 1 nitrogen and oxygen atoms in total. The highest BCUT2D eigenvalue weighted by atomic mass is 79.9. The molecular formula is C22H14BrN. The third-order valence-corrected chi connectivity index (χ3v) is 5.28. The van der Waals surface area contributed by atoms with Gasteiger partial charge in [-0.3, -0.25) is 0 Å². The van der Waals surface area contributed by atoms with Crippen LogP contribution in [0.25, 0.3) is 38.3 Å². The lowest BCUT2D eigenvalue weighted by atomic mass is 10.1. The van der Waals surface area contributed by atoms with E-state index in [1.807, 2.05) is 0 Å². The molecule has 0 amide bonds.